The molecule has 0 spiro atoms. The number of nitrogens with zero attached hydrogens (tertiary/aromatic N) is 3. The number of hydrogen-bond acceptors (Lipinski definition) is 3. The van der Waals surface area contributed by atoms with Crippen molar-refractivity contribution in [3.8, 4) is 11.3 Å². The maximum Gasteiger partial charge on any atom is 0.246 e. The van der Waals surface area contributed by atoms with Crippen LogP contribution in [0.1, 0.15) is 0 Å². The summed E-state index contributed by atoms with van der Waals surface area (Å²) in [6, 6.07) is 15.5. The lowest BCUT2D eigenvalue weighted by Crippen LogP contribution is -2.19. The van der Waals surface area contributed by atoms with Gasteiger partial charge in [0.05, 0.1) is 11.0 Å². The Morgan fingerprint density at radius 3 is 2.41 bits per heavy atom. The lowest BCUT2D eigenvalue weighted by Gasteiger charge is -2.08. The molecule has 0 aliphatic rings. The first-order valence-corrected chi connectivity index (χ1v) is 9.74. The number of anilines is 1. The largest absolute Gasteiger partial charge is 0.324 e. The summed E-state index contributed by atoms with van der Waals surface area (Å²) in [5, 5.41) is 8.28. The molecule has 0 radical (unpaired) electrons. The van der Waals surface area contributed by atoms with E-state index in [1.54, 1.807) is 30.5 Å². The average Bonchev–Trinajstić information content (AvgIpc) is 3.13. The van der Waals surface area contributed by atoms with Gasteiger partial charge in [-0.25, -0.2) is 13.2 Å². The molecule has 5 rings (SSSR count). The van der Waals surface area contributed by atoms with E-state index in [4.69, 9.17) is 0 Å². The van der Waals surface area contributed by atoms with Gasteiger partial charge in [-0.1, -0.05) is 6.07 Å². The van der Waals surface area contributed by atoms with Crippen molar-refractivity contribution in [2.45, 2.75) is 6.54 Å². The molecule has 158 valence electrons. The lowest BCUT2D eigenvalue weighted by atomic mass is 10.1. The molecule has 0 saturated carbocycles. The van der Waals surface area contributed by atoms with Crippen LogP contribution in [-0.2, 0) is 11.3 Å². The van der Waals surface area contributed by atoms with Crippen LogP contribution in [0.4, 0.5) is 18.9 Å². The highest BCUT2D eigenvalue weighted by atomic mass is 19.1. The van der Waals surface area contributed by atoms with Crippen LogP contribution >= 0.6 is 0 Å². The van der Waals surface area contributed by atoms with Crippen LogP contribution in [0.3, 0.4) is 0 Å². The van der Waals surface area contributed by atoms with Gasteiger partial charge in [-0.15, -0.1) is 0 Å². The first-order valence-electron chi connectivity index (χ1n) is 9.74. The summed E-state index contributed by atoms with van der Waals surface area (Å²) in [7, 11) is 0. The van der Waals surface area contributed by atoms with Crippen LogP contribution in [0.25, 0.3) is 33.1 Å². The second-order valence-corrected chi connectivity index (χ2v) is 7.25. The van der Waals surface area contributed by atoms with Crippen molar-refractivity contribution >= 4 is 33.4 Å². The summed E-state index contributed by atoms with van der Waals surface area (Å²) in [6.45, 7) is -0.205. The van der Waals surface area contributed by atoms with Crippen molar-refractivity contribution in [2.75, 3.05) is 5.32 Å². The van der Waals surface area contributed by atoms with Crippen molar-refractivity contribution in [1.29, 1.82) is 0 Å². The van der Waals surface area contributed by atoms with E-state index in [9.17, 15) is 18.0 Å². The fraction of sp³-hybridized carbons (Fsp3) is 0.0417. The number of halogens is 3. The normalized spacial score (nSPS) is 11.2. The smallest absolute Gasteiger partial charge is 0.246 e. The van der Waals surface area contributed by atoms with E-state index < -0.39 is 23.4 Å². The predicted molar refractivity (Wildman–Crippen MR) is 115 cm³/mol. The van der Waals surface area contributed by atoms with Crippen molar-refractivity contribution in [3.63, 3.8) is 0 Å². The minimum Gasteiger partial charge on any atom is -0.324 e. The zero-order chi connectivity index (χ0) is 22.2. The highest BCUT2D eigenvalue weighted by molar-refractivity contribution is 6.08. The van der Waals surface area contributed by atoms with Crippen LogP contribution in [-0.4, -0.2) is 20.7 Å². The van der Waals surface area contributed by atoms with Crippen LogP contribution in [0.5, 0.6) is 0 Å². The molecule has 0 aliphatic carbocycles. The number of aromatic nitrogens is 3. The van der Waals surface area contributed by atoms with Gasteiger partial charge in [0.1, 0.15) is 29.7 Å². The second kappa shape index (κ2) is 7.81. The maximum absolute atomic E-state index is 14.0. The standard InChI is InChI=1S/C24H15F3N4O/c25-15-6-4-14(5-7-15)23-20-12-28-21-9-8-17(27)11-19(21)24(20)31(30-23)13-22(32)29-18-3-1-2-16(26)10-18/h1-12H,13H2,(H,29,32). The number of rotatable bonds is 4. The summed E-state index contributed by atoms with van der Waals surface area (Å²) in [4.78, 5) is 17.1. The van der Waals surface area contributed by atoms with E-state index in [1.165, 1.54) is 47.1 Å². The Morgan fingerprint density at radius 1 is 0.875 bits per heavy atom. The number of benzene rings is 3. The molecule has 1 amide bonds. The molecular formula is C24H15F3N4O. The van der Waals surface area contributed by atoms with Crippen molar-refractivity contribution in [3.05, 3.63) is 90.4 Å². The summed E-state index contributed by atoms with van der Waals surface area (Å²) < 4.78 is 42.4. The summed E-state index contributed by atoms with van der Waals surface area (Å²) in [5.74, 6) is -1.75. The monoisotopic (exact) mass is 432 g/mol. The van der Waals surface area contributed by atoms with E-state index in [-0.39, 0.29) is 6.54 Å². The number of hydrogen-bond donors (Lipinski definition) is 1. The fourth-order valence-corrected chi connectivity index (χ4v) is 3.66. The number of carbonyl (C=O) groups is 1. The lowest BCUT2D eigenvalue weighted by molar-refractivity contribution is -0.116. The van der Waals surface area contributed by atoms with Crippen molar-refractivity contribution < 1.29 is 18.0 Å². The Hall–Kier alpha value is -4.20. The molecule has 1 N–H and O–H groups in total. The van der Waals surface area contributed by atoms with Gasteiger partial charge < -0.3 is 5.32 Å². The minimum absolute atomic E-state index is 0.205. The first-order chi connectivity index (χ1) is 15.5. The number of nitrogens with one attached hydrogen (secondary N) is 1. The molecule has 32 heavy (non-hydrogen) atoms. The van der Waals surface area contributed by atoms with Gasteiger partial charge in [-0.3, -0.25) is 14.5 Å². The molecule has 0 saturated heterocycles. The van der Waals surface area contributed by atoms with E-state index >= 15 is 0 Å². The Balaban J connectivity index is 1.64. The van der Waals surface area contributed by atoms with Gasteiger partial charge in [0, 0.05) is 28.2 Å². The van der Waals surface area contributed by atoms with Gasteiger partial charge >= 0.3 is 0 Å². The molecule has 2 heterocycles. The van der Waals surface area contributed by atoms with E-state index in [0.717, 1.165) is 0 Å². The molecule has 0 aliphatic heterocycles. The number of amides is 1. The van der Waals surface area contributed by atoms with Crippen molar-refractivity contribution in [2.24, 2.45) is 0 Å². The third-order valence-corrected chi connectivity index (χ3v) is 5.05. The van der Waals surface area contributed by atoms with Gasteiger partial charge in [0.25, 0.3) is 0 Å². The number of fused-ring (bicyclic) bond motifs is 3. The van der Waals surface area contributed by atoms with E-state index in [0.29, 0.717) is 38.8 Å². The average molecular weight is 432 g/mol. The highest BCUT2D eigenvalue weighted by Crippen LogP contribution is 2.32. The van der Waals surface area contributed by atoms with Gasteiger partial charge in [0.2, 0.25) is 5.91 Å². The summed E-state index contributed by atoms with van der Waals surface area (Å²) >= 11 is 0. The molecule has 5 nitrogen and oxygen atoms in total. The van der Waals surface area contributed by atoms with E-state index in [1.807, 2.05) is 0 Å². The van der Waals surface area contributed by atoms with Gasteiger partial charge in [-0.2, -0.15) is 5.10 Å². The van der Waals surface area contributed by atoms with Gasteiger partial charge in [-0.05, 0) is 60.7 Å². The van der Waals surface area contributed by atoms with E-state index in [2.05, 4.69) is 15.4 Å². The first kappa shape index (κ1) is 19.7. The molecule has 0 bridgehead atoms. The van der Waals surface area contributed by atoms with Crippen LogP contribution in [0.15, 0.2) is 72.9 Å². The highest BCUT2D eigenvalue weighted by Gasteiger charge is 2.18. The Labute approximate surface area is 180 Å². The zero-order valence-corrected chi connectivity index (χ0v) is 16.5. The Kier molecular flexibility index (Phi) is 4.82. The molecule has 0 atom stereocenters. The molecular weight excluding hydrogens is 417 g/mol. The van der Waals surface area contributed by atoms with Crippen LogP contribution in [0.2, 0.25) is 0 Å². The Morgan fingerprint density at radius 2 is 1.62 bits per heavy atom. The predicted octanol–water partition coefficient (Wildman–Crippen LogP) is 5.31. The minimum atomic E-state index is -0.474. The fourth-order valence-electron chi connectivity index (χ4n) is 3.66. The molecule has 0 fully saturated rings. The topological polar surface area (TPSA) is 59.8 Å². The SMILES string of the molecule is O=C(Cn1nc(-c2ccc(F)cc2)c2cnc3ccc(F)cc3c21)Nc1cccc(F)c1. The molecule has 8 heteroatoms. The molecule has 2 aromatic heterocycles. The molecule has 3 aromatic carbocycles. The third kappa shape index (κ3) is 3.66. The maximum atomic E-state index is 14.0. The Bertz CT molecular complexity index is 1480. The van der Waals surface area contributed by atoms with Crippen LogP contribution in [0, 0.1) is 17.5 Å². The quantitative estimate of drug-likeness (QED) is 0.419. The van der Waals surface area contributed by atoms with Crippen molar-refractivity contribution in [1.82, 2.24) is 14.8 Å². The molecule has 0 unspecified atom stereocenters. The molecule has 5 aromatic rings. The summed E-state index contributed by atoms with van der Waals surface area (Å²) in [6.07, 6.45) is 1.60. The number of pyridine rings is 1. The second-order valence-electron chi connectivity index (χ2n) is 7.25. The van der Waals surface area contributed by atoms with Crippen LogP contribution < -0.4 is 5.32 Å². The third-order valence-electron chi connectivity index (χ3n) is 5.05. The number of carbonyl (C=O) groups excluding carboxylic acids is 1. The zero-order valence-electron chi connectivity index (χ0n) is 16.5. The van der Waals surface area contributed by atoms with Gasteiger partial charge in [0.15, 0.2) is 0 Å². The summed E-state index contributed by atoms with van der Waals surface area (Å²) in [5.41, 5.74) is 2.47.